The number of benzene rings is 1. The standard InChI is InChI=1S/C21H27N3OS/c1-14-5-3-7-20(15(14)2)23-21(26)22-16-11-17-8-9-18(12-16)24(17)13-19-6-4-10-25-19/h3-7,10,16-18H,8-9,11-13H2,1-2H3,(H2,22,23,26)/t17-,18-/m1/s1. The Bertz CT molecular complexity index is 760. The molecule has 0 unspecified atom stereocenters. The van der Waals surface area contributed by atoms with E-state index < -0.39 is 0 Å². The molecular weight excluding hydrogens is 342 g/mol. The highest BCUT2D eigenvalue weighted by molar-refractivity contribution is 7.80. The van der Waals surface area contributed by atoms with Gasteiger partial charge < -0.3 is 15.1 Å². The summed E-state index contributed by atoms with van der Waals surface area (Å²) in [4.78, 5) is 2.62. The molecule has 2 bridgehead atoms. The Labute approximate surface area is 161 Å². The van der Waals surface area contributed by atoms with Crippen LogP contribution in [-0.4, -0.2) is 28.1 Å². The molecule has 0 amide bonds. The van der Waals surface area contributed by atoms with Crippen LogP contribution in [0.2, 0.25) is 0 Å². The molecule has 2 aromatic rings. The molecule has 4 rings (SSSR count). The van der Waals surface area contributed by atoms with Crippen LogP contribution in [0.25, 0.3) is 0 Å². The first-order valence-corrected chi connectivity index (χ1v) is 9.93. The van der Waals surface area contributed by atoms with Crippen LogP contribution in [0.15, 0.2) is 41.0 Å². The lowest BCUT2D eigenvalue weighted by molar-refractivity contribution is 0.106. The van der Waals surface area contributed by atoms with E-state index in [-0.39, 0.29) is 0 Å². The summed E-state index contributed by atoms with van der Waals surface area (Å²) in [6.45, 7) is 5.19. The number of nitrogens with zero attached hydrogens (tertiary/aromatic N) is 1. The van der Waals surface area contributed by atoms with Crippen LogP contribution in [0.1, 0.15) is 42.6 Å². The minimum atomic E-state index is 0.450. The molecule has 4 nitrogen and oxygen atoms in total. The van der Waals surface area contributed by atoms with Crippen LogP contribution in [0.5, 0.6) is 0 Å². The van der Waals surface area contributed by atoms with E-state index >= 15 is 0 Å². The fourth-order valence-electron chi connectivity index (χ4n) is 4.46. The average Bonchev–Trinajstić information content (AvgIpc) is 3.19. The summed E-state index contributed by atoms with van der Waals surface area (Å²) in [7, 11) is 0. The molecule has 0 aliphatic carbocycles. The third kappa shape index (κ3) is 3.64. The van der Waals surface area contributed by atoms with Crippen LogP contribution in [0.3, 0.4) is 0 Å². The van der Waals surface area contributed by atoms with Crippen LogP contribution >= 0.6 is 12.2 Å². The Morgan fingerprint density at radius 2 is 1.92 bits per heavy atom. The molecule has 0 radical (unpaired) electrons. The quantitative estimate of drug-likeness (QED) is 0.783. The fraction of sp³-hybridized carbons (Fsp3) is 0.476. The number of piperidine rings is 1. The molecule has 0 saturated carbocycles. The van der Waals surface area contributed by atoms with Gasteiger partial charge in [-0.2, -0.15) is 0 Å². The van der Waals surface area contributed by atoms with Gasteiger partial charge in [-0.1, -0.05) is 12.1 Å². The fourth-order valence-corrected chi connectivity index (χ4v) is 4.74. The Morgan fingerprint density at radius 1 is 1.15 bits per heavy atom. The van der Waals surface area contributed by atoms with Crippen LogP contribution in [0.4, 0.5) is 5.69 Å². The van der Waals surface area contributed by atoms with Gasteiger partial charge in [-0.25, -0.2) is 0 Å². The van der Waals surface area contributed by atoms with Gasteiger partial charge in [0.05, 0.1) is 12.8 Å². The smallest absolute Gasteiger partial charge is 0.171 e. The number of furan rings is 1. The topological polar surface area (TPSA) is 40.4 Å². The van der Waals surface area contributed by atoms with Gasteiger partial charge in [0.2, 0.25) is 0 Å². The number of fused-ring (bicyclic) bond motifs is 2. The van der Waals surface area contributed by atoms with E-state index in [1.165, 1.54) is 24.0 Å². The second-order valence-corrected chi connectivity index (χ2v) is 8.06. The van der Waals surface area contributed by atoms with Crippen molar-refractivity contribution >= 4 is 23.0 Å². The number of anilines is 1. The van der Waals surface area contributed by atoms with Crippen molar-refractivity contribution in [2.75, 3.05) is 5.32 Å². The Morgan fingerprint density at radius 3 is 2.62 bits per heavy atom. The van der Waals surface area contributed by atoms with Gasteiger partial charge in [0.15, 0.2) is 5.11 Å². The third-order valence-corrected chi connectivity index (χ3v) is 6.21. The van der Waals surface area contributed by atoms with Crippen LogP contribution in [-0.2, 0) is 6.54 Å². The first-order chi connectivity index (χ1) is 12.6. The summed E-state index contributed by atoms with van der Waals surface area (Å²) in [6, 6.07) is 12.0. The van der Waals surface area contributed by atoms with Gasteiger partial charge in [-0.3, -0.25) is 4.90 Å². The maximum Gasteiger partial charge on any atom is 0.171 e. The molecule has 2 fully saturated rings. The SMILES string of the molecule is Cc1cccc(NC(=S)NC2C[C@H]3CC[C@H](C2)N3Cc2ccco2)c1C. The van der Waals surface area contributed by atoms with Crippen molar-refractivity contribution in [1.82, 2.24) is 10.2 Å². The molecule has 2 aliphatic heterocycles. The van der Waals surface area contributed by atoms with Gasteiger partial charge in [0.25, 0.3) is 0 Å². The summed E-state index contributed by atoms with van der Waals surface area (Å²) in [6.07, 6.45) is 6.61. The second kappa shape index (κ2) is 7.41. The van der Waals surface area contributed by atoms with E-state index in [0.29, 0.717) is 18.1 Å². The highest BCUT2D eigenvalue weighted by Gasteiger charge is 2.41. The maximum absolute atomic E-state index is 5.59. The van der Waals surface area contributed by atoms with Crippen molar-refractivity contribution in [1.29, 1.82) is 0 Å². The largest absolute Gasteiger partial charge is 0.468 e. The van der Waals surface area contributed by atoms with E-state index in [4.69, 9.17) is 16.6 Å². The van der Waals surface area contributed by atoms with Gasteiger partial charge >= 0.3 is 0 Å². The van der Waals surface area contributed by atoms with Gasteiger partial charge in [-0.15, -0.1) is 0 Å². The van der Waals surface area contributed by atoms with E-state index in [9.17, 15) is 0 Å². The Balaban J connectivity index is 1.34. The highest BCUT2D eigenvalue weighted by atomic mass is 32.1. The van der Waals surface area contributed by atoms with Crippen molar-refractivity contribution in [2.24, 2.45) is 0 Å². The first kappa shape index (κ1) is 17.6. The van der Waals surface area contributed by atoms with Crippen LogP contribution < -0.4 is 10.6 Å². The summed E-state index contributed by atoms with van der Waals surface area (Å²) in [5.74, 6) is 1.07. The maximum atomic E-state index is 5.59. The summed E-state index contributed by atoms with van der Waals surface area (Å²) >= 11 is 5.59. The zero-order valence-electron chi connectivity index (χ0n) is 15.5. The lowest BCUT2D eigenvalue weighted by Crippen LogP contribution is -2.50. The summed E-state index contributed by atoms with van der Waals surface area (Å²) in [5.41, 5.74) is 3.63. The predicted molar refractivity (Wildman–Crippen MR) is 109 cm³/mol. The molecule has 1 aromatic carbocycles. The number of thiocarbonyl (C=S) groups is 1. The Kier molecular flexibility index (Phi) is 5.00. The monoisotopic (exact) mass is 369 g/mol. The van der Waals surface area contributed by atoms with E-state index in [1.54, 1.807) is 6.26 Å². The minimum Gasteiger partial charge on any atom is -0.468 e. The second-order valence-electron chi connectivity index (χ2n) is 7.65. The molecule has 2 saturated heterocycles. The van der Waals surface area contributed by atoms with Crippen molar-refractivity contribution < 1.29 is 4.42 Å². The minimum absolute atomic E-state index is 0.450. The predicted octanol–water partition coefficient (Wildman–Crippen LogP) is 4.38. The molecule has 2 atom stereocenters. The first-order valence-electron chi connectivity index (χ1n) is 9.52. The zero-order valence-corrected chi connectivity index (χ0v) is 16.3. The highest BCUT2D eigenvalue weighted by Crippen LogP contribution is 2.37. The van der Waals surface area contributed by atoms with E-state index in [2.05, 4.69) is 53.6 Å². The zero-order chi connectivity index (χ0) is 18.1. The summed E-state index contributed by atoms with van der Waals surface area (Å²) < 4.78 is 5.55. The molecule has 1 aromatic heterocycles. The van der Waals surface area contributed by atoms with Crippen LogP contribution in [0, 0.1) is 13.8 Å². The van der Waals surface area contributed by atoms with Crippen molar-refractivity contribution in [3.8, 4) is 0 Å². The van der Waals surface area contributed by atoms with Crippen molar-refractivity contribution in [3.05, 3.63) is 53.5 Å². The normalized spacial score (nSPS) is 25.2. The molecule has 5 heteroatoms. The van der Waals surface area contributed by atoms with Gasteiger partial charge in [0.1, 0.15) is 5.76 Å². The summed E-state index contributed by atoms with van der Waals surface area (Å²) in [5, 5.41) is 7.69. The third-order valence-electron chi connectivity index (χ3n) is 5.99. The lowest BCUT2D eigenvalue weighted by atomic mass is 9.97. The number of aryl methyl sites for hydroxylation is 1. The Hall–Kier alpha value is -1.85. The molecule has 2 aliphatic rings. The van der Waals surface area contributed by atoms with Crippen molar-refractivity contribution in [3.63, 3.8) is 0 Å². The molecule has 138 valence electrons. The number of rotatable bonds is 4. The van der Waals surface area contributed by atoms with Gasteiger partial charge in [0, 0.05) is 23.8 Å². The van der Waals surface area contributed by atoms with Gasteiger partial charge in [-0.05, 0) is 81.1 Å². The number of hydrogen-bond acceptors (Lipinski definition) is 3. The lowest BCUT2D eigenvalue weighted by Gasteiger charge is -2.39. The van der Waals surface area contributed by atoms with Crippen molar-refractivity contribution in [2.45, 2.75) is 64.2 Å². The molecule has 2 N–H and O–H groups in total. The molecule has 0 spiro atoms. The number of hydrogen-bond donors (Lipinski definition) is 2. The number of nitrogens with one attached hydrogen (secondary N) is 2. The molecule has 3 heterocycles. The molecular formula is C21H27N3OS. The van der Waals surface area contributed by atoms with E-state index in [0.717, 1.165) is 35.9 Å². The van der Waals surface area contributed by atoms with E-state index in [1.807, 2.05) is 6.07 Å². The molecule has 26 heavy (non-hydrogen) atoms. The average molecular weight is 370 g/mol.